The molecule has 1 aromatic carbocycles. The molecular formula is C16H21NO3. The molecule has 4 nitrogen and oxygen atoms in total. The molecule has 2 aliphatic rings. The van der Waals surface area contributed by atoms with E-state index in [-0.39, 0.29) is 11.7 Å². The van der Waals surface area contributed by atoms with Crippen molar-refractivity contribution in [2.45, 2.75) is 44.8 Å². The summed E-state index contributed by atoms with van der Waals surface area (Å²) in [6.07, 6.45) is 1.80. The van der Waals surface area contributed by atoms with E-state index in [0.29, 0.717) is 13.1 Å². The fourth-order valence-corrected chi connectivity index (χ4v) is 3.71. The Kier molecular flexibility index (Phi) is 3.21. The summed E-state index contributed by atoms with van der Waals surface area (Å²) >= 11 is 0. The molecule has 1 atom stereocenters. The summed E-state index contributed by atoms with van der Waals surface area (Å²) in [4.78, 5) is 12.5. The van der Waals surface area contributed by atoms with Gasteiger partial charge in [0.05, 0.1) is 11.7 Å². The molecule has 1 saturated heterocycles. The van der Waals surface area contributed by atoms with Crippen LogP contribution in [0.3, 0.4) is 0 Å². The number of nitrogens with zero attached hydrogens (tertiary/aromatic N) is 1. The van der Waals surface area contributed by atoms with Gasteiger partial charge in [-0.1, -0.05) is 25.1 Å². The fourth-order valence-electron chi connectivity index (χ4n) is 3.71. The molecule has 1 unspecified atom stereocenters. The fraction of sp³-hybridized carbons (Fsp3) is 0.562. The van der Waals surface area contributed by atoms with Crippen molar-refractivity contribution < 1.29 is 14.6 Å². The first-order valence-electron chi connectivity index (χ1n) is 7.35. The molecule has 3 rings (SSSR count). The lowest BCUT2D eigenvalue weighted by molar-refractivity contribution is -0.100. The van der Waals surface area contributed by atoms with Gasteiger partial charge in [-0.05, 0) is 42.9 Å². The number of benzene rings is 1. The third-order valence-electron chi connectivity index (χ3n) is 4.72. The van der Waals surface area contributed by atoms with Crippen molar-refractivity contribution in [3.63, 3.8) is 0 Å². The number of piperidine rings is 1. The summed E-state index contributed by atoms with van der Waals surface area (Å²) < 4.78 is 6.31. The zero-order chi connectivity index (χ0) is 14.3. The van der Waals surface area contributed by atoms with Gasteiger partial charge in [-0.25, -0.2) is 4.79 Å². The number of rotatable bonds is 1. The monoisotopic (exact) mass is 275 g/mol. The Balaban J connectivity index is 1.94. The third kappa shape index (κ3) is 1.90. The summed E-state index contributed by atoms with van der Waals surface area (Å²) in [7, 11) is 0. The van der Waals surface area contributed by atoms with Gasteiger partial charge < -0.3 is 14.7 Å². The molecule has 1 amide bonds. The number of hydrogen-bond acceptors (Lipinski definition) is 2. The summed E-state index contributed by atoms with van der Waals surface area (Å²) in [5, 5.41) is 9.08. The largest absolute Gasteiger partial charge is 0.465 e. The quantitative estimate of drug-likeness (QED) is 0.855. The maximum absolute atomic E-state index is 11.1. The predicted octanol–water partition coefficient (Wildman–Crippen LogP) is 3.31. The second-order valence-corrected chi connectivity index (χ2v) is 5.76. The number of hydrogen-bond donors (Lipinski definition) is 1. The Morgan fingerprint density at radius 3 is 2.75 bits per heavy atom. The Morgan fingerprint density at radius 2 is 2.15 bits per heavy atom. The molecule has 20 heavy (non-hydrogen) atoms. The molecule has 0 saturated carbocycles. The zero-order valence-electron chi connectivity index (χ0n) is 12.1. The molecule has 0 radical (unpaired) electrons. The van der Waals surface area contributed by atoms with Gasteiger partial charge >= 0.3 is 6.09 Å². The van der Waals surface area contributed by atoms with Gasteiger partial charge in [0.1, 0.15) is 0 Å². The molecule has 1 fully saturated rings. The van der Waals surface area contributed by atoms with E-state index in [0.717, 1.165) is 19.3 Å². The Bertz CT molecular complexity index is 533. The van der Waals surface area contributed by atoms with Crippen LogP contribution in [-0.4, -0.2) is 29.2 Å². The molecule has 1 spiro atoms. The molecule has 1 N–H and O–H groups in total. The van der Waals surface area contributed by atoms with Gasteiger partial charge in [-0.3, -0.25) is 0 Å². The summed E-state index contributed by atoms with van der Waals surface area (Å²) in [5.41, 5.74) is 3.70. The van der Waals surface area contributed by atoms with Crippen molar-refractivity contribution in [1.82, 2.24) is 4.90 Å². The van der Waals surface area contributed by atoms with Crippen molar-refractivity contribution in [1.29, 1.82) is 0 Å². The highest BCUT2D eigenvalue weighted by molar-refractivity contribution is 5.65. The number of fused-ring (bicyclic) bond motifs is 2. The maximum Gasteiger partial charge on any atom is 0.407 e. The predicted molar refractivity (Wildman–Crippen MR) is 75.8 cm³/mol. The van der Waals surface area contributed by atoms with Crippen LogP contribution >= 0.6 is 0 Å². The van der Waals surface area contributed by atoms with E-state index in [4.69, 9.17) is 9.84 Å². The standard InChI is InChI=1S/C16H21NO3/c1-3-12-5-4-6-13-14(12)11(2)20-16(13)7-9-17(10-8-16)15(18)19/h4-6,11H,3,7-10H2,1-2H3,(H,18,19). The lowest BCUT2D eigenvalue weighted by Gasteiger charge is -2.38. The van der Waals surface area contributed by atoms with Crippen LogP contribution < -0.4 is 0 Å². The second-order valence-electron chi connectivity index (χ2n) is 5.76. The van der Waals surface area contributed by atoms with Crippen LogP contribution in [0.25, 0.3) is 0 Å². The van der Waals surface area contributed by atoms with Gasteiger partial charge in [0.15, 0.2) is 0 Å². The molecule has 108 valence electrons. The molecule has 4 heteroatoms. The van der Waals surface area contributed by atoms with Gasteiger partial charge in [0.2, 0.25) is 0 Å². The van der Waals surface area contributed by atoms with Crippen molar-refractivity contribution in [2.24, 2.45) is 0 Å². The second kappa shape index (κ2) is 4.77. The number of aryl methyl sites for hydroxylation is 1. The van der Waals surface area contributed by atoms with Crippen LogP contribution in [0.2, 0.25) is 0 Å². The summed E-state index contributed by atoms with van der Waals surface area (Å²) in [6.45, 7) is 5.38. The summed E-state index contributed by atoms with van der Waals surface area (Å²) in [6, 6.07) is 6.43. The molecule has 0 bridgehead atoms. The first-order chi connectivity index (χ1) is 9.57. The smallest absolute Gasteiger partial charge is 0.407 e. The highest BCUT2D eigenvalue weighted by atomic mass is 16.5. The Labute approximate surface area is 119 Å². The summed E-state index contributed by atoms with van der Waals surface area (Å²) in [5.74, 6) is 0. The van der Waals surface area contributed by atoms with Crippen LogP contribution in [0, 0.1) is 0 Å². The number of carboxylic acid groups (broad SMARTS) is 1. The number of ether oxygens (including phenoxy) is 1. The Hall–Kier alpha value is -1.55. The maximum atomic E-state index is 11.1. The average Bonchev–Trinajstić information content (AvgIpc) is 2.72. The molecular weight excluding hydrogens is 254 g/mol. The van der Waals surface area contributed by atoms with Crippen molar-refractivity contribution in [3.05, 3.63) is 34.9 Å². The first-order valence-corrected chi connectivity index (χ1v) is 7.35. The van der Waals surface area contributed by atoms with Gasteiger partial charge in [0.25, 0.3) is 0 Å². The highest BCUT2D eigenvalue weighted by Crippen LogP contribution is 2.50. The van der Waals surface area contributed by atoms with Crippen LogP contribution in [0.4, 0.5) is 4.79 Å². The number of likely N-dealkylation sites (tertiary alicyclic amines) is 1. The molecule has 1 aromatic rings. The van der Waals surface area contributed by atoms with Crippen LogP contribution in [0.15, 0.2) is 18.2 Å². The highest BCUT2D eigenvalue weighted by Gasteiger charge is 2.46. The molecule has 2 heterocycles. The van der Waals surface area contributed by atoms with Gasteiger partial charge in [-0.15, -0.1) is 0 Å². The minimum absolute atomic E-state index is 0.109. The van der Waals surface area contributed by atoms with Gasteiger partial charge in [-0.2, -0.15) is 0 Å². The molecule has 0 aromatic heterocycles. The van der Waals surface area contributed by atoms with E-state index in [2.05, 4.69) is 32.0 Å². The van der Waals surface area contributed by atoms with E-state index in [9.17, 15) is 4.79 Å². The lowest BCUT2D eigenvalue weighted by Crippen LogP contribution is -2.44. The van der Waals surface area contributed by atoms with E-state index < -0.39 is 6.09 Å². The SMILES string of the molecule is CCc1cccc2c1C(C)OC21CCN(C(=O)O)CC1. The van der Waals surface area contributed by atoms with Crippen molar-refractivity contribution in [3.8, 4) is 0 Å². The van der Waals surface area contributed by atoms with E-state index in [1.54, 1.807) is 0 Å². The molecule has 2 aliphatic heterocycles. The Morgan fingerprint density at radius 1 is 1.45 bits per heavy atom. The van der Waals surface area contributed by atoms with Crippen LogP contribution in [0.1, 0.15) is 49.5 Å². The van der Waals surface area contributed by atoms with E-state index in [1.807, 2.05) is 0 Å². The third-order valence-corrected chi connectivity index (χ3v) is 4.72. The number of amides is 1. The van der Waals surface area contributed by atoms with Crippen molar-refractivity contribution >= 4 is 6.09 Å². The zero-order valence-corrected chi connectivity index (χ0v) is 12.1. The topological polar surface area (TPSA) is 49.8 Å². The van der Waals surface area contributed by atoms with E-state index in [1.165, 1.54) is 21.6 Å². The molecule has 0 aliphatic carbocycles. The van der Waals surface area contributed by atoms with Crippen LogP contribution in [-0.2, 0) is 16.8 Å². The van der Waals surface area contributed by atoms with Gasteiger partial charge in [0, 0.05) is 13.1 Å². The van der Waals surface area contributed by atoms with E-state index >= 15 is 0 Å². The van der Waals surface area contributed by atoms with Crippen LogP contribution in [0.5, 0.6) is 0 Å². The lowest BCUT2D eigenvalue weighted by atomic mass is 9.82. The van der Waals surface area contributed by atoms with Crippen molar-refractivity contribution in [2.75, 3.05) is 13.1 Å². The normalized spacial score (nSPS) is 23.9. The first kappa shape index (κ1) is 13.4. The minimum Gasteiger partial charge on any atom is -0.465 e. The average molecular weight is 275 g/mol. The number of carbonyl (C=O) groups is 1. The minimum atomic E-state index is -0.826.